The van der Waals surface area contributed by atoms with Gasteiger partial charge in [0, 0.05) is 52.9 Å². The van der Waals surface area contributed by atoms with Crippen molar-refractivity contribution >= 4 is 5.96 Å². The van der Waals surface area contributed by atoms with E-state index in [4.69, 9.17) is 0 Å². The van der Waals surface area contributed by atoms with E-state index in [1.807, 2.05) is 7.05 Å². The molecule has 5 nitrogen and oxygen atoms in total. The molecule has 0 saturated carbocycles. The van der Waals surface area contributed by atoms with Crippen LogP contribution in [-0.2, 0) is 6.54 Å². The lowest BCUT2D eigenvalue weighted by molar-refractivity contribution is 0.170. The lowest BCUT2D eigenvalue weighted by Crippen LogP contribution is -2.53. The van der Waals surface area contributed by atoms with E-state index >= 15 is 0 Å². The minimum atomic E-state index is 0.744. The minimum Gasteiger partial charge on any atom is -0.356 e. The molecule has 3 rings (SSSR count). The zero-order chi connectivity index (χ0) is 18.4. The average molecular weight is 358 g/mol. The van der Waals surface area contributed by atoms with E-state index in [1.165, 1.54) is 37.1 Å². The molecule has 0 bridgehead atoms. The number of benzene rings is 1. The van der Waals surface area contributed by atoms with Crippen LogP contribution >= 0.6 is 0 Å². The van der Waals surface area contributed by atoms with Crippen molar-refractivity contribution in [3.63, 3.8) is 0 Å². The number of hydrogen-bond donors (Lipinski definition) is 1. The Balaban J connectivity index is 1.43. The summed E-state index contributed by atoms with van der Waals surface area (Å²) in [6.07, 6.45) is 2.65. The number of rotatable bonds is 4. The fourth-order valence-electron chi connectivity index (χ4n) is 4.19. The number of piperidine rings is 1. The molecule has 2 saturated heterocycles. The summed E-state index contributed by atoms with van der Waals surface area (Å²) in [5.74, 6) is 1.82. The Morgan fingerprint density at radius 1 is 1.19 bits per heavy atom. The number of piperazine rings is 1. The monoisotopic (exact) mass is 357 g/mol. The second-order valence-electron chi connectivity index (χ2n) is 7.95. The highest BCUT2D eigenvalue weighted by Crippen LogP contribution is 2.14. The lowest BCUT2D eigenvalue weighted by atomic mass is 9.98. The van der Waals surface area contributed by atoms with Crippen molar-refractivity contribution in [3.05, 3.63) is 35.4 Å². The van der Waals surface area contributed by atoms with Gasteiger partial charge in [-0.2, -0.15) is 0 Å². The molecule has 2 fully saturated rings. The largest absolute Gasteiger partial charge is 0.356 e. The molecule has 1 unspecified atom stereocenters. The topological polar surface area (TPSA) is 34.1 Å². The molecule has 144 valence electrons. The SMILES string of the molecule is CN=C(NCC1CCCN(C)C1)N1CCN(Cc2cccc(C)c2)CC1. The summed E-state index contributed by atoms with van der Waals surface area (Å²) in [4.78, 5) is 11.9. The van der Waals surface area contributed by atoms with Crippen LogP contribution in [0, 0.1) is 12.8 Å². The molecule has 0 spiro atoms. The number of aryl methyl sites for hydroxylation is 1. The summed E-state index contributed by atoms with van der Waals surface area (Å²) in [5.41, 5.74) is 2.77. The molecule has 0 amide bonds. The molecule has 2 aliphatic heterocycles. The summed E-state index contributed by atoms with van der Waals surface area (Å²) < 4.78 is 0. The Morgan fingerprint density at radius 2 is 2.00 bits per heavy atom. The van der Waals surface area contributed by atoms with E-state index in [-0.39, 0.29) is 0 Å². The maximum Gasteiger partial charge on any atom is 0.193 e. The zero-order valence-electron chi connectivity index (χ0n) is 16.7. The van der Waals surface area contributed by atoms with E-state index in [2.05, 4.69) is 63.2 Å². The molecule has 1 atom stereocenters. The van der Waals surface area contributed by atoms with Crippen LogP contribution in [0.4, 0.5) is 0 Å². The van der Waals surface area contributed by atoms with E-state index in [0.29, 0.717) is 0 Å². The first-order valence-electron chi connectivity index (χ1n) is 10.1. The molecule has 0 aromatic heterocycles. The van der Waals surface area contributed by atoms with E-state index in [9.17, 15) is 0 Å². The number of hydrogen-bond acceptors (Lipinski definition) is 3. The first-order chi connectivity index (χ1) is 12.6. The number of guanidine groups is 1. The third-order valence-corrected chi connectivity index (χ3v) is 5.64. The molecule has 5 heteroatoms. The first-order valence-corrected chi connectivity index (χ1v) is 10.1. The highest BCUT2D eigenvalue weighted by molar-refractivity contribution is 5.80. The molecule has 2 aliphatic rings. The molecular formula is C21H35N5. The molecule has 26 heavy (non-hydrogen) atoms. The molecule has 1 N–H and O–H groups in total. The van der Waals surface area contributed by atoms with Gasteiger partial charge in [-0.15, -0.1) is 0 Å². The van der Waals surface area contributed by atoms with E-state index < -0.39 is 0 Å². The second-order valence-corrected chi connectivity index (χ2v) is 7.95. The summed E-state index contributed by atoms with van der Waals surface area (Å²) in [6.45, 7) is 11.0. The highest BCUT2D eigenvalue weighted by atomic mass is 15.3. The van der Waals surface area contributed by atoms with Gasteiger partial charge in [-0.1, -0.05) is 29.8 Å². The first kappa shape index (κ1) is 19.2. The van der Waals surface area contributed by atoms with Gasteiger partial charge in [-0.3, -0.25) is 9.89 Å². The van der Waals surface area contributed by atoms with Crippen LogP contribution in [0.2, 0.25) is 0 Å². The van der Waals surface area contributed by atoms with Crippen LogP contribution < -0.4 is 5.32 Å². The molecule has 0 radical (unpaired) electrons. The quantitative estimate of drug-likeness (QED) is 0.660. The van der Waals surface area contributed by atoms with Crippen molar-refractivity contribution in [2.45, 2.75) is 26.3 Å². The smallest absolute Gasteiger partial charge is 0.193 e. The Kier molecular flexibility index (Phi) is 6.92. The van der Waals surface area contributed by atoms with Gasteiger partial charge in [-0.05, 0) is 44.8 Å². The van der Waals surface area contributed by atoms with Crippen molar-refractivity contribution in [1.29, 1.82) is 0 Å². The van der Waals surface area contributed by atoms with Crippen molar-refractivity contribution < 1.29 is 0 Å². The molecule has 1 aromatic carbocycles. The standard InChI is InChI=1S/C21H35N5/c1-18-6-4-7-19(14-18)17-25-10-12-26(13-11-25)21(22-2)23-15-20-8-5-9-24(3)16-20/h4,6-7,14,20H,5,8-13,15-17H2,1-3H3,(H,22,23). The average Bonchev–Trinajstić information content (AvgIpc) is 2.64. The molecular weight excluding hydrogens is 322 g/mol. The third-order valence-electron chi connectivity index (χ3n) is 5.64. The lowest BCUT2D eigenvalue weighted by Gasteiger charge is -2.37. The van der Waals surface area contributed by atoms with E-state index in [0.717, 1.165) is 51.1 Å². The summed E-state index contributed by atoms with van der Waals surface area (Å²) in [7, 11) is 4.14. The van der Waals surface area contributed by atoms with Gasteiger partial charge in [0.1, 0.15) is 0 Å². The van der Waals surface area contributed by atoms with Gasteiger partial charge in [0.05, 0.1) is 0 Å². The third kappa shape index (κ3) is 5.45. The van der Waals surface area contributed by atoms with Gasteiger partial charge >= 0.3 is 0 Å². The predicted molar refractivity (Wildman–Crippen MR) is 110 cm³/mol. The van der Waals surface area contributed by atoms with Gasteiger partial charge in [0.2, 0.25) is 0 Å². The molecule has 0 aliphatic carbocycles. The van der Waals surface area contributed by atoms with Crippen molar-refractivity contribution in [2.24, 2.45) is 10.9 Å². The normalized spacial score (nSPS) is 23.3. The van der Waals surface area contributed by atoms with Gasteiger partial charge in [-0.25, -0.2) is 0 Å². The van der Waals surface area contributed by atoms with Crippen LogP contribution in [-0.4, -0.2) is 80.6 Å². The van der Waals surface area contributed by atoms with Crippen LogP contribution in [0.1, 0.15) is 24.0 Å². The number of aliphatic imine (C=N–C) groups is 1. The van der Waals surface area contributed by atoms with Gasteiger partial charge < -0.3 is 15.1 Å². The highest BCUT2D eigenvalue weighted by Gasteiger charge is 2.22. The fraction of sp³-hybridized carbons (Fsp3) is 0.667. The molecule has 2 heterocycles. The van der Waals surface area contributed by atoms with Crippen LogP contribution in [0.5, 0.6) is 0 Å². The molecule has 1 aromatic rings. The number of nitrogens with one attached hydrogen (secondary N) is 1. The van der Waals surface area contributed by atoms with Gasteiger partial charge in [0.25, 0.3) is 0 Å². The Hall–Kier alpha value is -1.59. The van der Waals surface area contributed by atoms with Crippen molar-refractivity contribution in [3.8, 4) is 0 Å². The minimum absolute atomic E-state index is 0.744. The Labute approximate surface area is 159 Å². The van der Waals surface area contributed by atoms with Crippen molar-refractivity contribution in [1.82, 2.24) is 20.0 Å². The summed E-state index contributed by atoms with van der Waals surface area (Å²) >= 11 is 0. The maximum atomic E-state index is 4.54. The fourth-order valence-corrected chi connectivity index (χ4v) is 4.19. The second kappa shape index (κ2) is 9.38. The van der Waals surface area contributed by atoms with Crippen molar-refractivity contribution in [2.75, 3.05) is 59.9 Å². The van der Waals surface area contributed by atoms with Crippen LogP contribution in [0.15, 0.2) is 29.3 Å². The maximum absolute atomic E-state index is 4.54. The number of nitrogens with zero attached hydrogens (tertiary/aromatic N) is 4. The summed E-state index contributed by atoms with van der Waals surface area (Å²) in [6, 6.07) is 8.87. The Bertz CT molecular complexity index is 592. The van der Waals surface area contributed by atoms with E-state index in [1.54, 1.807) is 0 Å². The van der Waals surface area contributed by atoms with Crippen LogP contribution in [0.25, 0.3) is 0 Å². The predicted octanol–water partition coefficient (Wildman–Crippen LogP) is 2.03. The van der Waals surface area contributed by atoms with Gasteiger partial charge in [0.15, 0.2) is 5.96 Å². The zero-order valence-corrected chi connectivity index (χ0v) is 16.7. The Morgan fingerprint density at radius 3 is 2.69 bits per heavy atom. The number of likely N-dealkylation sites (tertiary alicyclic amines) is 1. The summed E-state index contributed by atoms with van der Waals surface area (Å²) in [5, 5.41) is 3.63. The van der Waals surface area contributed by atoms with Crippen LogP contribution in [0.3, 0.4) is 0 Å².